The highest BCUT2D eigenvalue weighted by atomic mass is 16.2. The number of amides is 1. The lowest BCUT2D eigenvalue weighted by Gasteiger charge is -2.34. The maximum atomic E-state index is 12.3. The molecule has 0 saturated heterocycles. The van der Waals surface area contributed by atoms with Crippen molar-refractivity contribution in [2.24, 2.45) is 10.7 Å². The number of para-hydroxylation sites is 1. The van der Waals surface area contributed by atoms with Crippen LogP contribution in [0.3, 0.4) is 0 Å². The summed E-state index contributed by atoms with van der Waals surface area (Å²) < 4.78 is 0. The second kappa shape index (κ2) is 8.30. The molecule has 0 radical (unpaired) electrons. The van der Waals surface area contributed by atoms with E-state index in [1.807, 2.05) is 43.3 Å². The van der Waals surface area contributed by atoms with Crippen LogP contribution in [-0.2, 0) is 23.2 Å². The molecule has 158 valence electrons. The van der Waals surface area contributed by atoms with E-state index in [1.54, 1.807) is 7.05 Å². The van der Waals surface area contributed by atoms with Gasteiger partial charge in [0.2, 0.25) is 5.91 Å². The molecule has 2 heterocycles. The van der Waals surface area contributed by atoms with Gasteiger partial charge in [0, 0.05) is 24.3 Å². The number of hydrogen-bond acceptors (Lipinski definition) is 5. The molecule has 6 heteroatoms. The van der Waals surface area contributed by atoms with Gasteiger partial charge in [0.25, 0.3) is 0 Å². The molecule has 4 rings (SSSR count). The molecule has 3 aromatic rings. The summed E-state index contributed by atoms with van der Waals surface area (Å²) in [6, 6.07) is 18.4. The first-order chi connectivity index (χ1) is 14.9. The molecule has 2 aromatic carbocycles. The summed E-state index contributed by atoms with van der Waals surface area (Å²) in [4.78, 5) is 23.0. The van der Waals surface area contributed by atoms with Crippen LogP contribution in [0.2, 0.25) is 0 Å². The van der Waals surface area contributed by atoms with E-state index in [4.69, 9.17) is 16.1 Å². The first kappa shape index (κ1) is 20.7. The number of aromatic nitrogens is 1. The maximum Gasteiger partial charge on any atom is 0.231 e. The van der Waals surface area contributed by atoms with Crippen molar-refractivity contribution < 1.29 is 4.79 Å². The molecule has 1 aromatic heterocycles. The Balaban J connectivity index is 1.49. The van der Waals surface area contributed by atoms with Crippen molar-refractivity contribution in [3.05, 3.63) is 77.0 Å². The molecular formula is C25H27N5O. The molecule has 0 spiro atoms. The smallest absolute Gasteiger partial charge is 0.231 e. The van der Waals surface area contributed by atoms with Crippen molar-refractivity contribution in [2.75, 3.05) is 7.05 Å². The molecule has 6 nitrogen and oxygen atoms in total. The number of nitrogens with two attached hydrogens (primary N) is 1. The standard InChI is InChI=1S/C25H27N5O/c1-25(15-23(31)30(2)24(27)29-25)20-12-10-17(19(14-20)16-26)7-5-8-21-13-11-18-6-3-4-9-22(18)28-21/h3-4,6,9-14,16,26H,5,7-8,15H2,1-2H3,(H2,27,29)/t25-/m0/s1. The van der Waals surface area contributed by atoms with Crippen LogP contribution in [0.5, 0.6) is 0 Å². The molecule has 0 aliphatic carbocycles. The van der Waals surface area contributed by atoms with Gasteiger partial charge in [-0.25, -0.2) is 4.99 Å². The number of fused-ring (bicyclic) bond motifs is 1. The number of nitrogens with one attached hydrogen (secondary N) is 1. The van der Waals surface area contributed by atoms with E-state index in [2.05, 4.69) is 23.2 Å². The lowest BCUT2D eigenvalue weighted by atomic mass is 9.85. The molecule has 1 amide bonds. The van der Waals surface area contributed by atoms with E-state index in [0.29, 0.717) is 0 Å². The molecule has 1 atom stereocenters. The number of hydrogen-bond donors (Lipinski definition) is 2. The molecule has 0 fully saturated rings. The summed E-state index contributed by atoms with van der Waals surface area (Å²) in [7, 11) is 1.64. The zero-order chi connectivity index (χ0) is 22.0. The van der Waals surface area contributed by atoms with Crippen molar-refractivity contribution in [3.8, 4) is 0 Å². The quantitative estimate of drug-likeness (QED) is 0.602. The molecule has 31 heavy (non-hydrogen) atoms. The number of carbonyl (C=O) groups excluding carboxylic acids is 1. The summed E-state index contributed by atoms with van der Waals surface area (Å²) in [6.07, 6.45) is 4.30. The number of aliphatic imine (C=N–C) groups is 1. The van der Waals surface area contributed by atoms with Crippen LogP contribution in [0.1, 0.15) is 42.1 Å². The summed E-state index contributed by atoms with van der Waals surface area (Å²) in [5.74, 6) is 0.167. The van der Waals surface area contributed by atoms with Crippen molar-refractivity contribution in [2.45, 2.75) is 38.1 Å². The average molecular weight is 414 g/mol. The molecule has 1 aliphatic rings. The number of rotatable bonds is 6. The van der Waals surface area contributed by atoms with Gasteiger partial charge in [0.1, 0.15) is 0 Å². The van der Waals surface area contributed by atoms with E-state index in [9.17, 15) is 4.79 Å². The zero-order valence-corrected chi connectivity index (χ0v) is 17.9. The Morgan fingerprint density at radius 3 is 2.74 bits per heavy atom. The summed E-state index contributed by atoms with van der Waals surface area (Å²) in [5.41, 5.74) is 10.2. The normalized spacial score (nSPS) is 18.8. The third-order valence-electron chi connectivity index (χ3n) is 6.03. The minimum Gasteiger partial charge on any atom is -0.369 e. The van der Waals surface area contributed by atoms with Gasteiger partial charge in [-0.2, -0.15) is 0 Å². The Kier molecular flexibility index (Phi) is 5.55. The summed E-state index contributed by atoms with van der Waals surface area (Å²) in [6.45, 7) is 1.92. The first-order valence-electron chi connectivity index (χ1n) is 10.5. The molecule has 1 aliphatic heterocycles. The van der Waals surface area contributed by atoms with E-state index in [1.165, 1.54) is 11.1 Å². The highest BCUT2D eigenvalue weighted by molar-refractivity contribution is 5.98. The Bertz CT molecular complexity index is 1190. The number of benzene rings is 2. The van der Waals surface area contributed by atoms with Crippen LogP contribution < -0.4 is 5.73 Å². The minimum absolute atomic E-state index is 0.0571. The third-order valence-corrected chi connectivity index (χ3v) is 6.03. The first-order valence-corrected chi connectivity index (χ1v) is 10.5. The fraction of sp³-hybridized carbons (Fsp3) is 0.280. The topological polar surface area (TPSA) is 95.4 Å². The van der Waals surface area contributed by atoms with Gasteiger partial charge in [-0.1, -0.05) is 36.4 Å². The van der Waals surface area contributed by atoms with Gasteiger partial charge in [0.05, 0.1) is 17.5 Å². The summed E-state index contributed by atoms with van der Waals surface area (Å²) in [5, 5.41) is 9.04. The Morgan fingerprint density at radius 1 is 1.16 bits per heavy atom. The maximum absolute atomic E-state index is 12.3. The van der Waals surface area contributed by atoms with E-state index >= 15 is 0 Å². The Labute approximate surface area is 182 Å². The SMILES string of the molecule is CN1C(=O)C[C@@](C)(c2ccc(CCCc3ccc4ccccc4n3)c(C=N)c2)N=C1N. The summed E-state index contributed by atoms with van der Waals surface area (Å²) >= 11 is 0. The van der Waals surface area contributed by atoms with Gasteiger partial charge >= 0.3 is 0 Å². The number of nitrogens with zero attached hydrogens (tertiary/aromatic N) is 3. The molecular weight excluding hydrogens is 386 g/mol. The van der Waals surface area contributed by atoms with E-state index < -0.39 is 5.54 Å². The monoisotopic (exact) mass is 413 g/mol. The second-order valence-corrected chi connectivity index (χ2v) is 8.28. The lowest BCUT2D eigenvalue weighted by molar-refractivity contribution is -0.128. The van der Waals surface area contributed by atoms with Crippen molar-refractivity contribution in [1.29, 1.82) is 5.41 Å². The van der Waals surface area contributed by atoms with Crippen molar-refractivity contribution in [3.63, 3.8) is 0 Å². The highest BCUT2D eigenvalue weighted by Crippen LogP contribution is 2.34. The average Bonchev–Trinajstić information content (AvgIpc) is 2.77. The van der Waals surface area contributed by atoms with E-state index in [-0.39, 0.29) is 18.3 Å². The van der Waals surface area contributed by atoms with Crippen LogP contribution in [-0.4, -0.2) is 35.0 Å². The number of aryl methyl sites for hydroxylation is 2. The number of carbonyl (C=O) groups is 1. The molecule has 0 saturated carbocycles. The van der Waals surface area contributed by atoms with Crippen molar-refractivity contribution >= 4 is 29.0 Å². The minimum atomic E-state index is -0.709. The predicted octanol–water partition coefficient (Wildman–Crippen LogP) is 3.80. The third kappa shape index (κ3) is 4.19. The predicted molar refractivity (Wildman–Crippen MR) is 124 cm³/mol. The highest BCUT2D eigenvalue weighted by Gasteiger charge is 2.36. The molecule has 0 bridgehead atoms. The van der Waals surface area contributed by atoms with Gasteiger partial charge in [0.15, 0.2) is 5.96 Å². The van der Waals surface area contributed by atoms with Crippen LogP contribution in [0, 0.1) is 5.41 Å². The van der Waals surface area contributed by atoms with Gasteiger partial charge in [-0.05, 0) is 61.1 Å². The molecule has 0 unspecified atom stereocenters. The van der Waals surface area contributed by atoms with E-state index in [0.717, 1.165) is 52.5 Å². The van der Waals surface area contributed by atoms with Crippen LogP contribution >= 0.6 is 0 Å². The molecule has 3 N–H and O–H groups in total. The fourth-order valence-electron chi connectivity index (χ4n) is 4.07. The zero-order valence-electron chi connectivity index (χ0n) is 17.9. The van der Waals surface area contributed by atoms with Gasteiger partial charge in [-0.3, -0.25) is 14.7 Å². The Morgan fingerprint density at radius 2 is 1.97 bits per heavy atom. The second-order valence-electron chi connectivity index (χ2n) is 8.28. The number of guanidine groups is 1. The number of pyridine rings is 1. The van der Waals surface area contributed by atoms with Crippen molar-refractivity contribution in [1.82, 2.24) is 9.88 Å². The van der Waals surface area contributed by atoms with Crippen LogP contribution in [0.25, 0.3) is 10.9 Å². The fourth-order valence-corrected chi connectivity index (χ4v) is 4.07. The van der Waals surface area contributed by atoms with Crippen LogP contribution in [0.4, 0.5) is 0 Å². The largest absolute Gasteiger partial charge is 0.369 e. The lowest BCUT2D eigenvalue weighted by Crippen LogP contribution is -2.47. The van der Waals surface area contributed by atoms with Gasteiger partial charge < -0.3 is 11.1 Å². The van der Waals surface area contributed by atoms with Crippen LogP contribution in [0.15, 0.2) is 59.6 Å². The van der Waals surface area contributed by atoms with Gasteiger partial charge in [-0.15, -0.1) is 0 Å². The Hall–Kier alpha value is -3.54.